The number of hydrogen-bond acceptors (Lipinski definition) is 3. The molecule has 84 valence electrons. The zero-order valence-corrected chi connectivity index (χ0v) is 11.3. The average Bonchev–Trinajstić information content (AvgIpc) is 2.77. The van der Waals surface area contributed by atoms with Crippen LogP contribution in [0.4, 0.5) is 0 Å². The molecular formula is C11H9BrClNOS. The minimum atomic E-state index is -0.398. The fourth-order valence-corrected chi connectivity index (χ4v) is 2.81. The van der Waals surface area contributed by atoms with E-state index in [1.165, 1.54) is 11.3 Å². The predicted molar refractivity (Wildman–Crippen MR) is 71.2 cm³/mol. The summed E-state index contributed by atoms with van der Waals surface area (Å²) in [5, 5.41) is 12.4. The van der Waals surface area contributed by atoms with Crippen LogP contribution in [0.15, 0.2) is 34.1 Å². The molecule has 1 heterocycles. The first-order chi connectivity index (χ1) is 7.61. The van der Waals surface area contributed by atoms with E-state index in [9.17, 15) is 5.11 Å². The van der Waals surface area contributed by atoms with E-state index < -0.39 is 6.04 Å². The highest BCUT2D eigenvalue weighted by Crippen LogP contribution is 2.39. The van der Waals surface area contributed by atoms with Gasteiger partial charge in [-0.3, -0.25) is 0 Å². The SMILES string of the molecule is N[C@H](c1cccs1)c1c(Cl)ccc(Br)c1O. The standard InChI is InChI=1S/C11H9BrClNOS/c12-6-3-4-7(13)9(11(6)15)10(14)8-2-1-5-16-8/h1-5,10,15H,14H2/t10-/m1/s1. The van der Waals surface area contributed by atoms with Crippen molar-refractivity contribution in [2.45, 2.75) is 6.04 Å². The average molecular weight is 319 g/mol. The Morgan fingerprint density at radius 1 is 1.38 bits per heavy atom. The van der Waals surface area contributed by atoms with Crippen molar-refractivity contribution >= 4 is 38.9 Å². The number of hydrogen-bond donors (Lipinski definition) is 2. The van der Waals surface area contributed by atoms with Crippen molar-refractivity contribution in [1.82, 2.24) is 0 Å². The molecule has 1 aromatic carbocycles. The van der Waals surface area contributed by atoms with Crippen molar-refractivity contribution < 1.29 is 5.11 Å². The van der Waals surface area contributed by atoms with Crippen LogP contribution in [0.3, 0.4) is 0 Å². The van der Waals surface area contributed by atoms with Gasteiger partial charge in [0.25, 0.3) is 0 Å². The third kappa shape index (κ3) is 2.11. The summed E-state index contributed by atoms with van der Waals surface area (Å²) in [5.41, 5.74) is 6.63. The van der Waals surface area contributed by atoms with E-state index in [0.717, 1.165) is 4.88 Å². The summed E-state index contributed by atoms with van der Waals surface area (Å²) in [4.78, 5) is 0.968. The Hall–Kier alpha value is -0.550. The molecule has 2 aromatic rings. The molecule has 5 heteroatoms. The van der Waals surface area contributed by atoms with Crippen LogP contribution >= 0.6 is 38.9 Å². The van der Waals surface area contributed by atoms with Crippen LogP contribution in [-0.2, 0) is 0 Å². The minimum absolute atomic E-state index is 0.105. The van der Waals surface area contributed by atoms with Gasteiger partial charge in [0.15, 0.2) is 0 Å². The summed E-state index contributed by atoms with van der Waals surface area (Å²) in [6.07, 6.45) is 0. The molecule has 16 heavy (non-hydrogen) atoms. The molecule has 2 nitrogen and oxygen atoms in total. The second kappa shape index (κ2) is 4.75. The molecule has 0 amide bonds. The normalized spacial score (nSPS) is 12.7. The number of phenols is 1. The van der Waals surface area contributed by atoms with E-state index >= 15 is 0 Å². The molecule has 0 aliphatic carbocycles. The summed E-state index contributed by atoms with van der Waals surface area (Å²) < 4.78 is 0.596. The highest BCUT2D eigenvalue weighted by Gasteiger charge is 2.19. The molecule has 0 radical (unpaired) electrons. The maximum atomic E-state index is 9.94. The number of aromatic hydroxyl groups is 1. The van der Waals surface area contributed by atoms with E-state index in [4.69, 9.17) is 17.3 Å². The monoisotopic (exact) mass is 317 g/mol. The lowest BCUT2D eigenvalue weighted by atomic mass is 10.1. The zero-order chi connectivity index (χ0) is 11.7. The molecule has 1 atom stereocenters. The molecule has 0 aliphatic rings. The second-order valence-corrected chi connectivity index (χ2v) is 5.53. The first kappa shape index (κ1) is 11.9. The van der Waals surface area contributed by atoms with Crippen molar-refractivity contribution in [3.63, 3.8) is 0 Å². The molecule has 0 saturated carbocycles. The van der Waals surface area contributed by atoms with E-state index in [1.807, 2.05) is 17.5 Å². The van der Waals surface area contributed by atoms with E-state index in [2.05, 4.69) is 15.9 Å². The summed E-state index contributed by atoms with van der Waals surface area (Å²) in [6, 6.07) is 6.86. The zero-order valence-electron chi connectivity index (χ0n) is 8.15. The summed E-state index contributed by atoms with van der Waals surface area (Å²) >= 11 is 10.8. The minimum Gasteiger partial charge on any atom is -0.506 e. The van der Waals surface area contributed by atoms with Crippen LogP contribution in [-0.4, -0.2) is 5.11 Å². The Bertz CT molecular complexity index is 501. The van der Waals surface area contributed by atoms with Crippen molar-refractivity contribution in [2.75, 3.05) is 0 Å². The van der Waals surface area contributed by atoms with Crippen LogP contribution in [0.2, 0.25) is 5.02 Å². The van der Waals surface area contributed by atoms with Crippen molar-refractivity contribution in [1.29, 1.82) is 0 Å². The Morgan fingerprint density at radius 2 is 2.12 bits per heavy atom. The first-order valence-electron chi connectivity index (χ1n) is 4.57. The number of phenolic OH excluding ortho intramolecular Hbond substituents is 1. The van der Waals surface area contributed by atoms with Gasteiger partial charge >= 0.3 is 0 Å². The number of benzene rings is 1. The van der Waals surface area contributed by atoms with Crippen LogP contribution in [0, 0.1) is 0 Å². The quantitative estimate of drug-likeness (QED) is 0.881. The van der Waals surface area contributed by atoms with Gasteiger partial charge in [0.1, 0.15) is 5.75 Å². The van der Waals surface area contributed by atoms with E-state index in [0.29, 0.717) is 15.1 Å². The highest BCUT2D eigenvalue weighted by molar-refractivity contribution is 9.10. The van der Waals surface area contributed by atoms with E-state index in [-0.39, 0.29) is 5.75 Å². The molecule has 2 rings (SSSR count). The fraction of sp³-hybridized carbons (Fsp3) is 0.0909. The first-order valence-corrected chi connectivity index (χ1v) is 6.62. The molecule has 0 spiro atoms. The van der Waals surface area contributed by atoms with Gasteiger partial charge in [-0.25, -0.2) is 0 Å². The number of halogens is 2. The van der Waals surface area contributed by atoms with Gasteiger partial charge in [0.05, 0.1) is 10.5 Å². The molecule has 0 unspecified atom stereocenters. The summed E-state index contributed by atoms with van der Waals surface area (Å²) in [5.74, 6) is 0.105. The third-order valence-corrected chi connectivity index (χ3v) is 4.20. The molecule has 0 saturated heterocycles. The van der Waals surface area contributed by atoms with Crippen molar-refractivity contribution in [2.24, 2.45) is 5.73 Å². The van der Waals surface area contributed by atoms with Gasteiger partial charge in [-0.05, 0) is 39.5 Å². The van der Waals surface area contributed by atoms with Gasteiger partial charge in [0.2, 0.25) is 0 Å². The molecule has 0 aliphatic heterocycles. The summed E-state index contributed by atoms with van der Waals surface area (Å²) in [7, 11) is 0. The Labute approximate surface area is 111 Å². The number of rotatable bonds is 2. The molecule has 1 aromatic heterocycles. The highest BCUT2D eigenvalue weighted by atomic mass is 79.9. The van der Waals surface area contributed by atoms with Crippen LogP contribution in [0.5, 0.6) is 5.75 Å². The lowest BCUT2D eigenvalue weighted by molar-refractivity contribution is 0.462. The topological polar surface area (TPSA) is 46.2 Å². The largest absolute Gasteiger partial charge is 0.506 e. The van der Waals surface area contributed by atoms with Gasteiger partial charge < -0.3 is 10.8 Å². The van der Waals surface area contributed by atoms with Crippen molar-refractivity contribution in [3.8, 4) is 5.75 Å². The maximum absolute atomic E-state index is 9.94. The lowest BCUT2D eigenvalue weighted by Gasteiger charge is -2.14. The Kier molecular flexibility index (Phi) is 3.54. The molecule has 0 bridgehead atoms. The maximum Gasteiger partial charge on any atom is 0.136 e. The molecule has 0 fully saturated rings. The van der Waals surface area contributed by atoms with Gasteiger partial charge in [-0.1, -0.05) is 17.7 Å². The van der Waals surface area contributed by atoms with Crippen LogP contribution in [0.25, 0.3) is 0 Å². The van der Waals surface area contributed by atoms with Crippen molar-refractivity contribution in [3.05, 3.63) is 49.6 Å². The second-order valence-electron chi connectivity index (χ2n) is 3.28. The van der Waals surface area contributed by atoms with Crippen LogP contribution < -0.4 is 5.73 Å². The molecule has 3 N–H and O–H groups in total. The predicted octanol–water partition coefficient (Wildman–Crippen LogP) is 3.92. The number of nitrogens with two attached hydrogens (primary N) is 1. The van der Waals surface area contributed by atoms with Crippen LogP contribution in [0.1, 0.15) is 16.5 Å². The lowest BCUT2D eigenvalue weighted by Crippen LogP contribution is -2.11. The van der Waals surface area contributed by atoms with Gasteiger partial charge in [0, 0.05) is 15.5 Å². The van der Waals surface area contributed by atoms with Gasteiger partial charge in [-0.15, -0.1) is 11.3 Å². The smallest absolute Gasteiger partial charge is 0.136 e. The third-order valence-electron chi connectivity index (χ3n) is 2.28. The Morgan fingerprint density at radius 3 is 2.75 bits per heavy atom. The summed E-state index contributed by atoms with van der Waals surface area (Å²) in [6.45, 7) is 0. The number of thiophene rings is 1. The fourth-order valence-electron chi connectivity index (χ4n) is 1.46. The molecular weight excluding hydrogens is 310 g/mol. The van der Waals surface area contributed by atoms with Gasteiger partial charge in [-0.2, -0.15) is 0 Å². The van der Waals surface area contributed by atoms with E-state index in [1.54, 1.807) is 12.1 Å². The Balaban J connectivity index is 2.52.